The van der Waals surface area contributed by atoms with E-state index in [0.29, 0.717) is 17.5 Å². The first kappa shape index (κ1) is 18.0. The Morgan fingerprint density at radius 1 is 0.917 bits per heavy atom. The number of carbonyl (C=O) groups is 2. The van der Waals surface area contributed by atoms with Crippen molar-refractivity contribution in [2.45, 2.75) is 31.8 Å². The second kappa shape index (κ2) is 7.99. The van der Waals surface area contributed by atoms with Gasteiger partial charge in [-0.15, -0.1) is 0 Å². The van der Waals surface area contributed by atoms with E-state index in [-0.39, 0.29) is 5.78 Å². The molecule has 4 heteroatoms. The summed E-state index contributed by atoms with van der Waals surface area (Å²) >= 11 is 0. The fourth-order valence-electron chi connectivity index (χ4n) is 2.80. The van der Waals surface area contributed by atoms with Gasteiger partial charge in [-0.1, -0.05) is 80.4 Å². The molecule has 0 bridgehead atoms. The number of nitrogens with two attached hydrogens (primary N) is 2. The van der Waals surface area contributed by atoms with Crippen LogP contribution in [-0.2, 0) is 0 Å². The zero-order valence-electron chi connectivity index (χ0n) is 13.9. The molecule has 1 unspecified atom stereocenters. The first-order valence-electron chi connectivity index (χ1n) is 8.25. The van der Waals surface area contributed by atoms with Gasteiger partial charge in [0.2, 0.25) is 0 Å². The summed E-state index contributed by atoms with van der Waals surface area (Å²) < 4.78 is 0. The number of rotatable bonds is 8. The van der Waals surface area contributed by atoms with Crippen molar-refractivity contribution in [2.24, 2.45) is 17.4 Å². The van der Waals surface area contributed by atoms with E-state index < -0.39 is 17.4 Å². The summed E-state index contributed by atoms with van der Waals surface area (Å²) in [6.07, 6.45) is 2.16. The largest absolute Gasteiger partial charge is 0.306 e. The highest BCUT2D eigenvalue weighted by Crippen LogP contribution is 2.25. The Bertz CT molecular complexity index is 681. The third kappa shape index (κ3) is 3.96. The Hall–Kier alpha value is -2.30. The molecular formula is C20H24N2O2. The molecule has 0 saturated heterocycles. The normalized spacial score (nSPS) is 12.6. The van der Waals surface area contributed by atoms with Gasteiger partial charge >= 0.3 is 0 Å². The number of unbranched alkanes of at least 4 members (excludes halogenated alkanes) is 1. The molecule has 126 valence electrons. The second-order valence-corrected chi connectivity index (χ2v) is 6.05. The van der Waals surface area contributed by atoms with Crippen LogP contribution in [0.2, 0.25) is 0 Å². The predicted octanol–water partition coefficient (Wildman–Crippen LogP) is 3.17. The third-order valence-electron chi connectivity index (χ3n) is 4.23. The Kier molecular flexibility index (Phi) is 6.01. The van der Waals surface area contributed by atoms with Gasteiger partial charge in [0, 0.05) is 11.1 Å². The van der Waals surface area contributed by atoms with Crippen molar-refractivity contribution < 1.29 is 9.59 Å². The summed E-state index contributed by atoms with van der Waals surface area (Å²) in [5, 5.41) is 0. The third-order valence-corrected chi connectivity index (χ3v) is 4.23. The fourth-order valence-corrected chi connectivity index (χ4v) is 2.80. The first-order chi connectivity index (χ1) is 11.5. The lowest BCUT2D eigenvalue weighted by molar-refractivity contribution is 0.0714. The van der Waals surface area contributed by atoms with Crippen LogP contribution >= 0.6 is 0 Å². The molecule has 4 nitrogen and oxygen atoms in total. The van der Waals surface area contributed by atoms with Gasteiger partial charge in [0.1, 0.15) is 5.66 Å². The van der Waals surface area contributed by atoms with Gasteiger partial charge in [0.15, 0.2) is 11.6 Å². The van der Waals surface area contributed by atoms with Crippen molar-refractivity contribution in [3.63, 3.8) is 0 Å². The molecule has 4 N–H and O–H groups in total. The summed E-state index contributed by atoms with van der Waals surface area (Å²) in [5.41, 5.74) is 11.7. The lowest BCUT2D eigenvalue weighted by Gasteiger charge is -2.31. The number of Topliss-reactive ketones (excluding diaryl/α,β-unsaturated/α-hetero) is 2. The van der Waals surface area contributed by atoms with Gasteiger partial charge in [-0.3, -0.25) is 9.59 Å². The zero-order chi connectivity index (χ0) is 17.6. The van der Waals surface area contributed by atoms with Crippen LogP contribution in [0.15, 0.2) is 60.7 Å². The van der Waals surface area contributed by atoms with Crippen LogP contribution in [0.1, 0.15) is 46.9 Å². The maximum Gasteiger partial charge on any atom is 0.197 e. The van der Waals surface area contributed by atoms with Crippen molar-refractivity contribution in [1.82, 2.24) is 0 Å². The molecule has 0 aromatic heterocycles. The highest BCUT2D eigenvalue weighted by Gasteiger charge is 2.42. The van der Waals surface area contributed by atoms with Crippen molar-refractivity contribution in [2.75, 3.05) is 0 Å². The average molecular weight is 324 g/mol. The van der Waals surface area contributed by atoms with Gasteiger partial charge in [0.25, 0.3) is 0 Å². The van der Waals surface area contributed by atoms with Gasteiger partial charge in [0.05, 0.1) is 5.92 Å². The Balaban J connectivity index is 2.35. The lowest BCUT2D eigenvalue weighted by atomic mass is 9.79. The van der Waals surface area contributed by atoms with E-state index in [1.54, 1.807) is 48.5 Å². The molecule has 0 aliphatic carbocycles. The molecule has 0 spiro atoms. The van der Waals surface area contributed by atoms with Crippen LogP contribution in [0.3, 0.4) is 0 Å². The van der Waals surface area contributed by atoms with E-state index in [0.717, 1.165) is 12.8 Å². The van der Waals surface area contributed by atoms with E-state index in [1.807, 2.05) is 19.1 Å². The molecule has 24 heavy (non-hydrogen) atoms. The van der Waals surface area contributed by atoms with Crippen molar-refractivity contribution >= 4 is 11.6 Å². The van der Waals surface area contributed by atoms with E-state index in [4.69, 9.17) is 11.5 Å². The number of benzene rings is 2. The first-order valence-corrected chi connectivity index (χ1v) is 8.25. The molecule has 0 aliphatic heterocycles. The highest BCUT2D eigenvalue weighted by molar-refractivity contribution is 6.08. The number of carbonyl (C=O) groups excluding carboxylic acids is 2. The smallest absolute Gasteiger partial charge is 0.197 e. The zero-order valence-corrected chi connectivity index (χ0v) is 13.9. The lowest BCUT2D eigenvalue weighted by Crippen LogP contribution is -2.63. The summed E-state index contributed by atoms with van der Waals surface area (Å²) in [5.74, 6) is -1.35. The van der Waals surface area contributed by atoms with Crippen LogP contribution in [-0.4, -0.2) is 17.2 Å². The van der Waals surface area contributed by atoms with Crippen LogP contribution in [0.4, 0.5) is 0 Å². The van der Waals surface area contributed by atoms with E-state index in [1.165, 1.54) is 0 Å². The molecule has 2 aromatic carbocycles. The quantitative estimate of drug-likeness (QED) is 0.577. The molecule has 0 heterocycles. The van der Waals surface area contributed by atoms with Crippen LogP contribution in [0.25, 0.3) is 0 Å². The molecule has 0 radical (unpaired) electrons. The Morgan fingerprint density at radius 3 is 1.92 bits per heavy atom. The molecule has 0 saturated carbocycles. The second-order valence-electron chi connectivity index (χ2n) is 6.05. The predicted molar refractivity (Wildman–Crippen MR) is 95.7 cm³/mol. The molecule has 2 aromatic rings. The summed E-state index contributed by atoms with van der Waals surface area (Å²) in [7, 11) is 0. The van der Waals surface area contributed by atoms with Gasteiger partial charge in [-0.05, 0) is 6.42 Å². The molecule has 2 rings (SSSR count). The number of hydrogen-bond donors (Lipinski definition) is 2. The van der Waals surface area contributed by atoms with Crippen LogP contribution < -0.4 is 11.5 Å². The average Bonchev–Trinajstić information content (AvgIpc) is 2.62. The number of ketones is 2. The summed E-state index contributed by atoms with van der Waals surface area (Å²) in [6, 6.07) is 17.5. The molecule has 1 atom stereocenters. The van der Waals surface area contributed by atoms with Gasteiger partial charge in [-0.25, -0.2) is 0 Å². The maximum absolute atomic E-state index is 12.9. The minimum Gasteiger partial charge on any atom is -0.306 e. The fraction of sp³-hybridized carbons (Fsp3) is 0.300. The topological polar surface area (TPSA) is 86.2 Å². The molecule has 0 amide bonds. The minimum atomic E-state index is -1.73. The number of hydrogen-bond acceptors (Lipinski definition) is 4. The monoisotopic (exact) mass is 324 g/mol. The molecule has 0 aliphatic rings. The minimum absolute atomic E-state index is 0.182. The summed E-state index contributed by atoms with van der Waals surface area (Å²) in [4.78, 5) is 25.7. The molecule has 0 fully saturated rings. The Morgan fingerprint density at radius 2 is 1.42 bits per heavy atom. The highest BCUT2D eigenvalue weighted by atomic mass is 16.1. The summed E-state index contributed by atoms with van der Waals surface area (Å²) in [6.45, 7) is 2.03. The van der Waals surface area contributed by atoms with Crippen LogP contribution in [0.5, 0.6) is 0 Å². The van der Waals surface area contributed by atoms with E-state index in [2.05, 4.69) is 0 Å². The molecular weight excluding hydrogens is 300 g/mol. The van der Waals surface area contributed by atoms with Crippen molar-refractivity contribution in [1.29, 1.82) is 0 Å². The van der Waals surface area contributed by atoms with Crippen molar-refractivity contribution in [3.8, 4) is 0 Å². The van der Waals surface area contributed by atoms with Gasteiger partial charge < -0.3 is 11.5 Å². The van der Waals surface area contributed by atoms with Gasteiger partial charge in [-0.2, -0.15) is 0 Å². The maximum atomic E-state index is 12.9. The van der Waals surface area contributed by atoms with E-state index >= 15 is 0 Å². The van der Waals surface area contributed by atoms with Crippen molar-refractivity contribution in [3.05, 3.63) is 71.8 Å². The van der Waals surface area contributed by atoms with Crippen LogP contribution in [0, 0.1) is 5.92 Å². The van der Waals surface area contributed by atoms with E-state index in [9.17, 15) is 9.59 Å². The SMILES string of the molecule is CCCCC(C(=O)c1ccccc1)C(N)(N)C(=O)c1ccccc1. The Labute approximate surface area is 142 Å². The standard InChI is InChI=1S/C20H24N2O2/c1-2-3-14-17(18(23)15-10-6-4-7-11-15)20(21,22)19(24)16-12-8-5-9-13-16/h4-13,17H,2-3,14,21-22H2,1H3.